The molecule has 3 nitrogen and oxygen atoms in total. The van der Waals surface area contributed by atoms with Gasteiger partial charge in [-0.3, -0.25) is 0 Å². The Balaban J connectivity index is 2.80. The van der Waals surface area contributed by atoms with Gasteiger partial charge in [0, 0.05) is 11.6 Å². The zero-order valence-electron chi connectivity index (χ0n) is 6.68. The average molecular weight is 190 g/mol. The summed E-state index contributed by atoms with van der Waals surface area (Å²) in [5.41, 5.74) is 0.779. The molecule has 0 aliphatic carbocycles. The van der Waals surface area contributed by atoms with Crippen molar-refractivity contribution in [2.45, 2.75) is 0 Å². The quantitative estimate of drug-likeness (QED) is 0.641. The number of hydrogen-bond donors (Lipinski definition) is 0. The second kappa shape index (κ2) is 3.33. The second-order valence-electron chi connectivity index (χ2n) is 2.44. The summed E-state index contributed by atoms with van der Waals surface area (Å²) in [5, 5.41) is 9.60. The van der Waals surface area contributed by atoms with Gasteiger partial charge in [-0.15, -0.1) is 0 Å². The van der Waals surface area contributed by atoms with Crippen LogP contribution in [-0.2, 0) is 0 Å². The summed E-state index contributed by atoms with van der Waals surface area (Å²) in [6.07, 6.45) is 3.64. The van der Waals surface area contributed by atoms with Crippen LogP contribution in [0.2, 0.25) is 0 Å². The lowest BCUT2D eigenvalue weighted by Gasteiger charge is -1.85. The van der Waals surface area contributed by atoms with Crippen molar-refractivity contribution in [2.24, 2.45) is 0 Å². The third-order valence-corrected chi connectivity index (χ3v) is 2.23. The number of benzene rings is 1. The molecule has 0 saturated carbocycles. The topological polar surface area (TPSA) is 41.9 Å². The number of rotatable bonds is 0. The van der Waals surface area contributed by atoms with Crippen molar-refractivity contribution >= 4 is 22.8 Å². The van der Waals surface area contributed by atoms with E-state index in [9.17, 15) is 0 Å². The molecule has 1 heterocycles. The van der Waals surface area contributed by atoms with Gasteiger partial charge in [-0.25, -0.2) is 0 Å². The summed E-state index contributed by atoms with van der Waals surface area (Å²) in [6.45, 7) is 0. The summed E-state index contributed by atoms with van der Waals surface area (Å²) < 4.78 is 6.66. The molecular weight excluding hydrogens is 184 g/mol. The van der Waals surface area contributed by atoms with Crippen LogP contribution in [0.15, 0.2) is 40.4 Å². The summed E-state index contributed by atoms with van der Waals surface area (Å²) in [7, 11) is 0. The molecule has 0 unspecified atom stereocenters. The Morgan fingerprint density at radius 2 is 2.15 bits per heavy atom. The number of aromatic nitrogens is 1. The van der Waals surface area contributed by atoms with Crippen LogP contribution in [-0.4, -0.2) is 3.96 Å². The molecule has 4 heteroatoms. The number of hydrogen-bond acceptors (Lipinski definition) is 3. The molecule has 1 aromatic heterocycles. The fourth-order valence-electron chi connectivity index (χ4n) is 0.997. The SMILES string of the molecule is N#Cn1ccc2ccccc2os1. The predicted molar refractivity (Wildman–Crippen MR) is 50.7 cm³/mol. The lowest BCUT2D eigenvalue weighted by molar-refractivity contribution is 0.738. The molecule has 1 aromatic carbocycles. The second-order valence-corrected chi connectivity index (χ2v) is 3.15. The van der Waals surface area contributed by atoms with Crippen molar-refractivity contribution in [2.75, 3.05) is 0 Å². The van der Waals surface area contributed by atoms with Gasteiger partial charge in [0.05, 0.1) is 0 Å². The van der Waals surface area contributed by atoms with Gasteiger partial charge in [-0.2, -0.15) is 9.22 Å². The van der Waals surface area contributed by atoms with E-state index in [0.29, 0.717) is 0 Å². The lowest BCUT2D eigenvalue weighted by atomic mass is 10.2. The van der Waals surface area contributed by atoms with Crippen LogP contribution in [0.5, 0.6) is 0 Å². The largest absolute Gasteiger partial charge is 0.385 e. The van der Waals surface area contributed by atoms with Crippen LogP contribution >= 0.6 is 11.8 Å². The van der Waals surface area contributed by atoms with Crippen LogP contribution in [0.25, 0.3) is 11.0 Å². The molecule has 0 aliphatic rings. The summed E-state index contributed by atoms with van der Waals surface area (Å²) in [6, 6.07) is 9.48. The highest BCUT2D eigenvalue weighted by Crippen LogP contribution is 2.12. The van der Waals surface area contributed by atoms with E-state index in [1.54, 1.807) is 6.20 Å². The fourth-order valence-corrected chi connectivity index (χ4v) is 1.45. The Morgan fingerprint density at radius 1 is 1.31 bits per heavy atom. The highest BCUT2D eigenvalue weighted by Gasteiger charge is 1.91. The predicted octanol–water partition coefficient (Wildman–Crippen LogP) is 2.75. The van der Waals surface area contributed by atoms with Crippen LogP contribution in [0, 0.1) is 11.5 Å². The van der Waals surface area contributed by atoms with E-state index in [2.05, 4.69) is 0 Å². The highest BCUT2D eigenvalue weighted by molar-refractivity contribution is 6.97. The molecule has 0 N–H and O–H groups in total. The van der Waals surface area contributed by atoms with Crippen LogP contribution in [0.3, 0.4) is 0 Å². The van der Waals surface area contributed by atoms with Crippen molar-refractivity contribution in [3.63, 3.8) is 0 Å². The summed E-state index contributed by atoms with van der Waals surface area (Å²) >= 11 is 1.01. The zero-order valence-corrected chi connectivity index (χ0v) is 7.49. The zero-order chi connectivity index (χ0) is 9.10. The number of para-hydroxylation sites is 1. The van der Waals surface area contributed by atoms with Crippen LogP contribution in [0.1, 0.15) is 0 Å². The number of nitriles is 1. The van der Waals surface area contributed by atoms with Crippen LogP contribution < -0.4 is 0 Å². The normalized spacial score (nSPS) is 9.46. The molecule has 0 spiro atoms. The molecule has 0 fully saturated rings. The molecule has 13 heavy (non-hydrogen) atoms. The van der Waals surface area contributed by atoms with Gasteiger partial charge in [0.2, 0.25) is 6.19 Å². The molecule has 0 aliphatic heterocycles. The first-order valence-corrected chi connectivity index (χ1v) is 4.41. The third kappa shape index (κ3) is 1.55. The van der Waals surface area contributed by atoms with E-state index >= 15 is 0 Å². The molecule has 0 bridgehead atoms. The van der Waals surface area contributed by atoms with Crippen molar-refractivity contribution in [3.05, 3.63) is 36.5 Å². The molecule has 0 amide bonds. The molecule has 0 radical (unpaired) electrons. The van der Waals surface area contributed by atoms with Gasteiger partial charge < -0.3 is 3.85 Å². The van der Waals surface area contributed by atoms with E-state index in [4.69, 9.17) is 9.11 Å². The van der Waals surface area contributed by atoms with Crippen LogP contribution in [0.4, 0.5) is 0 Å². The van der Waals surface area contributed by atoms with Crippen molar-refractivity contribution in [1.29, 1.82) is 5.26 Å². The smallest absolute Gasteiger partial charge is 0.200 e. The summed E-state index contributed by atoms with van der Waals surface area (Å²) in [5.74, 6) is 0. The first kappa shape index (κ1) is 7.90. The Labute approximate surface area is 79.1 Å². The first-order chi connectivity index (χ1) is 6.40. The molecule has 0 atom stereocenters. The van der Waals surface area contributed by atoms with Gasteiger partial charge in [0.25, 0.3) is 0 Å². The van der Waals surface area contributed by atoms with E-state index in [0.717, 1.165) is 22.8 Å². The minimum Gasteiger partial charge on any atom is -0.385 e. The van der Waals surface area contributed by atoms with E-state index < -0.39 is 0 Å². The van der Waals surface area contributed by atoms with Gasteiger partial charge in [0.15, 0.2) is 5.58 Å². The molecular formula is C9H6N2OS. The fraction of sp³-hybridized carbons (Fsp3) is 0. The Hall–Kier alpha value is -1.73. The highest BCUT2D eigenvalue weighted by atomic mass is 32.1. The number of nitrogens with zero attached hydrogens (tertiary/aromatic N) is 2. The Bertz CT molecular complexity index is 461. The minimum atomic E-state index is 0.779. The van der Waals surface area contributed by atoms with Gasteiger partial charge in [0.1, 0.15) is 11.8 Å². The Morgan fingerprint density at radius 3 is 3.00 bits per heavy atom. The molecule has 64 valence electrons. The standard InChI is InChI=1S/C9H6N2OS/c10-7-11-6-5-8-3-1-2-4-9(8)12-13-11/h1-6H. The van der Waals surface area contributed by atoms with E-state index in [-0.39, 0.29) is 0 Å². The molecule has 0 saturated heterocycles. The maximum absolute atomic E-state index is 8.62. The van der Waals surface area contributed by atoms with Gasteiger partial charge in [-0.05, 0) is 12.1 Å². The lowest BCUT2D eigenvalue weighted by Crippen LogP contribution is -1.75. The van der Waals surface area contributed by atoms with Crippen molar-refractivity contribution in [1.82, 2.24) is 3.96 Å². The molecule has 2 rings (SSSR count). The first-order valence-electron chi connectivity index (χ1n) is 3.71. The van der Waals surface area contributed by atoms with Crippen molar-refractivity contribution < 1.29 is 3.85 Å². The average Bonchev–Trinajstić information content (AvgIpc) is 2.39. The van der Waals surface area contributed by atoms with E-state index in [1.165, 1.54) is 3.96 Å². The molecule has 2 aromatic rings. The maximum atomic E-state index is 8.62. The van der Waals surface area contributed by atoms with Gasteiger partial charge >= 0.3 is 0 Å². The van der Waals surface area contributed by atoms with Gasteiger partial charge in [-0.1, -0.05) is 18.2 Å². The summed E-state index contributed by atoms with van der Waals surface area (Å²) in [4.78, 5) is 0. The van der Waals surface area contributed by atoms with E-state index in [1.807, 2.05) is 36.5 Å². The maximum Gasteiger partial charge on any atom is 0.200 e. The third-order valence-electron chi connectivity index (χ3n) is 1.61. The van der Waals surface area contributed by atoms with Crippen molar-refractivity contribution in [3.8, 4) is 6.19 Å². The number of fused-ring (bicyclic) bond motifs is 1. The minimum absolute atomic E-state index is 0.779. The Kier molecular flexibility index (Phi) is 2.02. The monoisotopic (exact) mass is 190 g/mol.